The molecule has 0 saturated heterocycles. The predicted octanol–water partition coefficient (Wildman–Crippen LogP) is 2.33. The van der Waals surface area contributed by atoms with Gasteiger partial charge in [-0.2, -0.15) is 0 Å². The molecule has 0 unspecified atom stereocenters. The van der Waals surface area contributed by atoms with Gasteiger partial charge in [0.1, 0.15) is 0 Å². The molecule has 0 aliphatic carbocycles. The number of phenolic OH excluding ortho intramolecular Hbond substituents is 1. The minimum atomic E-state index is -0.398. The highest BCUT2D eigenvalue weighted by atomic mass is 35.5. The van der Waals surface area contributed by atoms with E-state index in [1.54, 1.807) is 6.07 Å². The molecule has 0 aliphatic rings. The first-order valence-electron chi connectivity index (χ1n) is 4.68. The van der Waals surface area contributed by atoms with Gasteiger partial charge in [-0.25, -0.2) is 0 Å². The topological polar surface area (TPSA) is 55.5 Å². The smallest absolute Gasteiger partial charge is 0.165 e. The van der Waals surface area contributed by atoms with E-state index < -0.39 is 5.54 Å². The normalized spacial score (nSPS) is 11.5. The molecule has 1 aromatic rings. The molecule has 3 N–H and O–H groups in total. The second-order valence-electron chi connectivity index (χ2n) is 4.24. The number of ether oxygens (including phenoxy) is 1. The van der Waals surface area contributed by atoms with Gasteiger partial charge in [0, 0.05) is 16.1 Å². The lowest BCUT2D eigenvalue weighted by atomic mass is 9.95. The molecule has 0 saturated carbocycles. The fourth-order valence-corrected chi connectivity index (χ4v) is 1.66. The quantitative estimate of drug-likeness (QED) is 0.837. The van der Waals surface area contributed by atoms with E-state index >= 15 is 0 Å². The van der Waals surface area contributed by atoms with Crippen LogP contribution in [0, 0.1) is 0 Å². The van der Waals surface area contributed by atoms with Crippen molar-refractivity contribution >= 4 is 11.6 Å². The third-order valence-corrected chi connectivity index (χ3v) is 2.37. The minimum Gasteiger partial charge on any atom is -0.504 e. The largest absolute Gasteiger partial charge is 0.504 e. The summed E-state index contributed by atoms with van der Waals surface area (Å²) in [6, 6.07) is 3.15. The Kier molecular flexibility index (Phi) is 3.47. The SMILES string of the molecule is COc1c(O)ccc(Cl)c1CC(C)(C)N. The summed E-state index contributed by atoms with van der Waals surface area (Å²) in [5, 5.41) is 10.1. The third-order valence-electron chi connectivity index (χ3n) is 2.02. The van der Waals surface area contributed by atoms with Crippen molar-refractivity contribution in [2.45, 2.75) is 25.8 Å². The van der Waals surface area contributed by atoms with Crippen molar-refractivity contribution in [3.63, 3.8) is 0 Å². The Labute approximate surface area is 94.8 Å². The van der Waals surface area contributed by atoms with E-state index in [4.69, 9.17) is 22.1 Å². The van der Waals surface area contributed by atoms with Gasteiger partial charge in [0.25, 0.3) is 0 Å². The molecule has 0 fully saturated rings. The summed E-state index contributed by atoms with van der Waals surface area (Å²) in [7, 11) is 1.50. The van der Waals surface area contributed by atoms with Crippen LogP contribution in [0.1, 0.15) is 19.4 Å². The van der Waals surface area contributed by atoms with Crippen LogP contribution in [-0.4, -0.2) is 17.8 Å². The Morgan fingerprint density at radius 2 is 2.07 bits per heavy atom. The molecule has 15 heavy (non-hydrogen) atoms. The molecule has 0 radical (unpaired) electrons. The van der Waals surface area contributed by atoms with Crippen molar-refractivity contribution in [2.24, 2.45) is 5.73 Å². The average molecular weight is 230 g/mol. The van der Waals surface area contributed by atoms with Crippen LogP contribution >= 0.6 is 11.6 Å². The highest BCUT2D eigenvalue weighted by molar-refractivity contribution is 6.31. The second kappa shape index (κ2) is 4.29. The van der Waals surface area contributed by atoms with Crippen molar-refractivity contribution in [1.29, 1.82) is 0 Å². The Morgan fingerprint density at radius 1 is 1.47 bits per heavy atom. The fourth-order valence-electron chi connectivity index (χ4n) is 1.44. The van der Waals surface area contributed by atoms with E-state index in [0.717, 1.165) is 5.56 Å². The predicted molar refractivity (Wildman–Crippen MR) is 61.6 cm³/mol. The number of nitrogens with two attached hydrogens (primary N) is 1. The average Bonchev–Trinajstić information content (AvgIpc) is 2.10. The first kappa shape index (κ1) is 12.1. The highest BCUT2D eigenvalue weighted by Gasteiger charge is 2.19. The van der Waals surface area contributed by atoms with E-state index in [1.165, 1.54) is 13.2 Å². The van der Waals surface area contributed by atoms with Gasteiger partial charge in [-0.05, 0) is 32.4 Å². The van der Waals surface area contributed by atoms with Crippen molar-refractivity contribution in [3.05, 3.63) is 22.7 Å². The van der Waals surface area contributed by atoms with Gasteiger partial charge in [0.2, 0.25) is 0 Å². The first-order chi connectivity index (χ1) is 6.85. The maximum Gasteiger partial charge on any atom is 0.165 e. The summed E-state index contributed by atoms with van der Waals surface area (Å²) in [6.45, 7) is 3.79. The minimum absolute atomic E-state index is 0.0844. The highest BCUT2D eigenvalue weighted by Crippen LogP contribution is 2.36. The van der Waals surface area contributed by atoms with Gasteiger partial charge in [-0.1, -0.05) is 11.6 Å². The van der Waals surface area contributed by atoms with Crippen LogP contribution in [0.2, 0.25) is 5.02 Å². The van der Waals surface area contributed by atoms with Crippen LogP contribution in [0.5, 0.6) is 11.5 Å². The van der Waals surface area contributed by atoms with Gasteiger partial charge in [-0.15, -0.1) is 0 Å². The zero-order chi connectivity index (χ0) is 11.6. The van der Waals surface area contributed by atoms with Crippen molar-refractivity contribution in [2.75, 3.05) is 7.11 Å². The molecule has 0 atom stereocenters. The number of rotatable bonds is 3. The van der Waals surface area contributed by atoms with E-state index in [2.05, 4.69) is 0 Å². The number of phenols is 1. The Morgan fingerprint density at radius 3 is 2.53 bits per heavy atom. The van der Waals surface area contributed by atoms with Crippen LogP contribution < -0.4 is 10.5 Å². The van der Waals surface area contributed by atoms with Gasteiger partial charge < -0.3 is 15.6 Å². The molecule has 1 rings (SSSR count). The maximum absolute atomic E-state index is 9.59. The summed E-state index contributed by atoms with van der Waals surface area (Å²) in [5.41, 5.74) is 6.26. The molecule has 0 aromatic heterocycles. The van der Waals surface area contributed by atoms with Gasteiger partial charge >= 0.3 is 0 Å². The van der Waals surface area contributed by atoms with Crippen LogP contribution in [0.3, 0.4) is 0 Å². The maximum atomic E-state index is 9.59. The molecule has 3 nitrogen and oxygen atoms in total. The number of aromatic hydroxyl groups is 1. The number of benzene rings is 1. The molecule has 0 spiro atoms. The second-order valence-corrected chi connectivity index (χ2v) is 4.65. The van der Waals surface area contributed by atoms with Crippen molar-refractivity contribution < 1.29 is 9.84 Å². The third kappa shape index (κ3) is 3.01. The lowest BCUT2D eigenvalue weighted by molar-refractivity contribution is 0.365. The zero-order valence-electron chi connectivity index (χ0n) is 9.17. The Bertz CT molecular complexity index is 358. The summed E-state index contributed by atoms with van der Waals surface area (Å²) >= 11 is 6.04. The van der Waals surface area contributed by atoms with Crippen LogP contribution in [0.15, 0.2) is 12.1 Å². The lowest BCUT2D eigenvalue weighted by Crippen LogP contribution is -2.34. The molecule has 0 bridgehead atoms. The van der Waals surface area contributed by atoms with E-state index in [9.17, 15) is 5.11 Å². The van der Waals surface area contributed by atoms with Crippen LogP contribution in [-0.2, 0) is 6.42 Å². The number of halogens is 1. The zero-order valence-corrected chi connectivity index (χ0v) is 9.93. The van der Waals surface area contributed by atoms with Gasteiger partial charge in [0.15, 0.2) is 11.5 Å². The standard InChI is InChI=1S/C11H16ClNO2/c1-11(2,13)6-7-8(12)4-5-9(14)10(7)15-3/h4-5,14H,6,13H2,1-3H3. The molecule has 0 amide bonds. The molecule has 1 aromatic carbocycles. The number of methoxy groups -OCH3 is 1. The Balaban J connectivity index is 3.20. The Hall–Kier alpha value is -0.930. The molecule has 0 heterocycles. The van der Waals surface area contributed by atoms with Crippen LogP contribution in [0.4, 0.5) is 0 Å². The molecule has 0 aliphatic heterocycles. The molecule has 4 heteroatoms. The van der Waals surface area contributed by atoms with Crippen LogP contribution in [0.25, 0.3) is 0 Å². The first-order valence-corrected chi connectivity index (χ1v) is 5.06. The van der Waals surface area contributed by atoms with E-state index in [1.807, 2.05) is 13.8 Å². The monoisotopic (exact) mass is 229 g/mol. The molecular weight excluding hydrogens is 214 g/mol. The molecular formula is C11H16ClNO2. The van der Waals surface area contributed by atoms with Gasteiger partial charge in [-0.3, -0.25) is 0 Å². The summed E-state index contributed by atoms with van der Waals surface area (Å²) in [5.74, 6) is 0.488. The number of hydrogen-bond donors (Lipinski definition) is 2. The lowest BCUT2D eigenvalue weighted by Gasteiger charge is -2.21. The van der Waals surface area contributed by atoms with E-state index in [-0.39, 0.29) is 5.75 Å². The van der Waals surface area contributed by atoms with E-state index in [0.29, 0.717) is 17.2 Å². The number of hydrogen-bond acceptors (Lipinski definition) is 3. The van der Waals surface area contributed by atoms with Gasteiger partial charge in [0.05, 0.1) is 7.11 Å². The fraction of sp³-hybridized carbons (Fsp3) is 0.455. The summed E-state index contributed by atoms with van der Waals surface area (Å²) < 4.78 is 5.11. The van der Waals surface area contributed by atoms with Crippen molar-refractivity contribution in [3.8, 4) is 11.5 Å². The summed E-state index contributed by atoms with van der Waals surface area (Å²) in [4.78, 5) is 0. The van der Waals surface area contributed by atoms with Crippen molar-refractivity contribution in [1.82, 2.24) is 0 Å². The molecule has 84 valence electrons. The summed E-state index contributed by atoms with van der Waals surface area (Å²) in [6.07, 6.45) is 0.545.